The van der Waals surface area contributed by atoms with Gasteiger partial charge < -0.3 is 15.5 Å². The number of rotatable bonds is 9. The number of sulfonamides is 1. The van der Waals surface area contributed by atoms with Gasteiger partial charge in [0.25, 0.3) is 0 Å². The smallest absolute Gasteiger partial charge is 0.321 e. The van der Waals surface area contributed by atoms with Crippen molar-refractivity contribution in [3.8, 4) is 0 Å². The first-order valence-corrected chi connectivity index (χ1v) is 15.0. The third-order valence-electron chi connectivity index (χ3n) is 6.59. The van der Waals surface area contributed by atoms with Gasteiger partial charge >= 0.3 is 6.03 Å². The summed E-state index contributed by atoms with van der Waals surface area (Å²) in [5, 5.41) is 5.43. The van der Waals surface area contributed by atoms with Crippen LogP contribution in [0, 0.1) is 0 Å². The molecule has 3 amide bonds. The van der Waals surface area contributed by atoms with Gasteiger partial charge in [0.2, 0.25) is 16.4 Å². The summed E-state index contributed by atoms with van der Waals surface area (Å²) < 4.78 is 27.1. The fourth-order valence-corrected chi connectivity index (χ4v) is 5.64. The summed E-state index contributed by atoms with van der Waals surface area (Å²) in [5.41, 5.74) is 4.26. The van der Waals surface area contributed by atoms with Gasteiger partial charge in [0.1, 0.15) is 0 Å². The SMILES string of the molecule is CC(C)c1ccc(CNC=O)cc1.CCCc1ccc(S(=O)(=O)N2CCN(C(=O)Nc3ccncc3)CC2)cc1. The maximum Gasteiger partial charge on any atom is 0.321 e. The van der Waals surface area contributed by atoms with E-state index in [0.717, 1.165) is 30.4 Å². The topological polar surface area (TPSA) is 112 Å². The van der Waals surface area contributed by atoms with E-state index in [2.05, 4.69) is 48.5 Å². The fourth-order valence-electron chi connectivity index (χ4n) is 4.22. The summed E-state index contributed by atoms with van der Waals surface area (Å²) in [5.74, 6) is 0.563. The van der Waals surface area contributed by atoms with E-state index in [0.29, 0.717) is 36.1 Å². The van der Waals surface area contributed by atoms with Crippen molar-refractivity contribution in [2.75, 3.05) is 31.5 Å². The number of aromatic nitrogens is 1. The van der Waals surface area contributed by atoms with E-state index in [1.165, 1.54) is 9.87 Å². The molecular formula is C30H39N5O4S. The van der Waals surface area contributed by atoms with Crippen molar-refractivity contribution in [3.05, 3.63) is 89.7 Å². The zero-order valence-electron chi connectivity index (χ0n) is 23.4. The first kappa shape index (κ1) is 30.8. The van der Waals surface area contributed by atoms with E-state index < -0.39 is 10.0 Å². The van der Waals surface area contributed by atoms with Crippen LogP contribution in [0.2, 0.25) is 0 Å². The number of pyridine rings is 1. The van der Waals surface area contributed by atoms with Gasteiger partial charge in [0.05, 0.1) is 4.90 Å². The van der Waals surface area contributed by atoms with Crippen LogP contribution >= 0.6 is 0 Å². The molecule has 9 nitrogen and oxygen atoms in total. The molecule has 2 heterocycles. The molecule has 0 bridgehead atoms. The van der Waals surface area contributed by atoms with Gasteiger partial charge in [-0.15, -0.1) is 0 Å². The molecular weight excluding hydrogens is 526 g/mol. The molecule has 10 heteroatoms. The first-order chi connectivity index (χ1) is 19.2. The second-order valence-corrected chi connectivity index (χ2v) is 11.8. The minimum atomic E-state index is -3.54. The molecule has 3 aromatic rings. The van der Waals surface area contributed by atoms with Crippen LogP contribution in [0.3, 0.4) is 0 Å². The van der Waals surface area contributed by atoms with Crippen molar-refractivity contribution in [3.63, 3.8) is 0 Å². The molecule has 2 aromatic carbocycles. The Morgan fingerprint density at radius 2 is 1.52 bits per heavy atom. The molecule has 1 aromatic heterocycles. The summed E-state index contributed by atoms with van der Waals surface area (Å²) in [6, 6.07) is 18.6. The van der Waals surface area contributed by atoms with Crippen LogP contribution in [-0.2, 0) is 27.8 Å². The number of hydrogen-bond acceptors (Lipinski definition) is 5. The van der Waals surface area contributed by atoms with Gasteiger partial charge in [-0.3, -0.25) is 9.78 Å². The monoisotopic (exact) mass is 565 g/mol. The Morgan fingerprint density at radius 3 is 2.08 bits per heavy atom. The quantitative estimate of drug-likeness (QED) is 0.368. The van der Waals surface area contributed by atoms with E-state index in [1.807, 2.05) is 24.3 Å². The number of piperazine rings is 1. The van der Waals surface area contributed by atoms with Crippen LogP contribution in [0.25, 0.3) is 0 Å². The van der Waals surface area contributed by atoms with Gasteiger partial charge in [-0.1, -0.05) is 63.6 Å². The molecule has 4 rings (SSSR count). The van der Waals surface area contributed by atoms with Gasteiger partial charge in [-0.25, -0.2) is 13.2 Å². The number of aryl methyl sites for hydroxylation is 1. The molecule has 40 heavy (non-hydrogen) atoms. The van der Waals surface area contributed by atoms with Crippen molar-refractivity contribution < 1.29 is 18.0 Å². The number of urea groups is 1. The maximum absolute atomic E-state index is 12.8. The number of nitrogens with zero attached hydrogens (tertiary/aromatic N) is 3. The van der Waals surface area contributed by atoms with E-state index in [4.69, 9.17) is 0 Å². The van der Waals surface area contributed by atoms with Crippen LogP contribution in [0.4, 0.5) is 10.5 Å². The Balaban J connectivity index is 0.000000285. The third kappa shape index (κ3) is 8.89. The van der Waals surface area contributed by atoms with Gasteiger partial charge in [0, 0.05) is 50.8 Å². The summed E-state index contributed by atoms with van der Waals surface area (Å²) in [4.78, 5) is 28.2. The Labute approximate surface area is 237 Å². The molecule has 0 saturated carbocycles. The lowest BCUT2D eigenvalue weighted by Gasteiger charge is -2.34. The Kier molecular flexibility index (Phi) is 11.6. The Hall–Kier alpha value is -3.76. The molecule has 0 radical (unpaired) electrons. The zero-order chi connectivity index (χ0) is 29.0. The minimum Gasteiger partial charge on any atom is -0.355 e. The normalized spacial score (nSPS) is 13.8. The lowest BCUT2D eigenvalue weighted by molar-refractivity contribution is -0.109. The van der Waals surface area contributed by atoms with E-state index >= 15 is 0 Å². The summed E-state index contributed by atoms with van der Waals surface area (Å²) >= 11 is 0. The van der Waals surface area contributed by atoms with Crippen LogP contribution in [0.15, 0.2) is 78.0 Å². The number of benzene rings is 2. The van der Waals surface area contributed by atoms with Gasteiger partial charge in [0.15, 0.2) is 0 Å². The Morgan fingerprint density at radius 1 is 0.925 bits per heavy atom. The lowest BCUT2D eigenvalue weighted by Crippen LogP contribution is -2.51. The van der Waals surface area contributed by atoms with Crippen LogP contribution in [0.1, 0.15) is 49.8 Å². The highest BCUT2D eigenvalue weighted by Gasteiger charge is 2.30. The molecule has 1 aliphatic rings. The van der Waals surface area contributed by atoms with Crippen LogP contribution in [-0.4, -0.2) is 61.2 Å². The number of nitrogens with one attached hydrogen (secondary N) is 2. The zero-order valence-corrected chi connectivity index (χ0v) is 24.2. The molecule has 0 aliphatic carbocycles. The molecule has 214 valence electrons. The third-order valence-corrected chi connectivity index (χ3v) is 8.51. The highest BCUT2D eigenvalue weighted by atomic mass is 32.2. The first-order valence-electron chi connectivity index (χ1n) is 13.6. The van der Waals surface area contributed by atoms with Crippen molar-refractivity contribution in [2.24, 2.45) is 0 Å². The Bertz CT molecular complexity index is 1310. The van der Waals surface area contributed by atoms with Crippen LogP contribution in [0.5, 0.6) is 0 Å². The molecule has 1 aliphatic heterocycles. The molecule has 2 N–H and O–H groups in total. The summed E-state index contributed by atoms with van der Waals surface area (Å²) in [7, 11) is -3.54. The molecule has 1 fully saturated rings. The summed E-state index contributed by atoms with van der Waals surface area (Å²) in [6.07, 6.45) is 5.88. The number of amides is 3. The molecule has 1 saturated heterocycles. The number of hydrogen-bond donors (Lipinski definition) is 2. The average Bonchev–Trinajstić information content (AvgIpc) is 2.97. The van der Waals surface area contributed by atoms with E-state index in [1.54, 1.807) is 41.6 Å². The summed E-state index contributed by atoms with van der Waals surface area (Å²) in [6.45, 7) is 8.30. The highest BCUT2D eigenvalue weighted by molar-refractivity contribution is 7.89. The van der Waals surface area contributed by atoms with Gasteiger partial charge in [-0.05, 0) is 53.3 Å². The second kappa shape index (κ2) is 15.1. The second-order valence-electron chi connectivity index (χ2n) is 9.85. The predicted octanol–water partition coefficient (Wildman–Crippen LogP) is 4.63. The van der Waals surface area contributed by atoms with E-state index in [-0.39, 0.29) is 19.1 Å². The molecule has 0 spiro atoms. The van der Waals surface area contributed by atoms with Crippen molar-refractivity contribution in [1.82, 2.24) is 19.5 Å². The minimum absolute atomic E-state index is 0.234. The largest absolute Gasteiger partial charge is 0.355 e. The maximum atomic E-state index is 12.8. The predicted molar refractivity (Wildman–Crippen MR) is 157 cm³/mol. The fraction of sp³-hybridized carbons (Fsp3) is 0.367. The lowest BCUT2D eigenvalue weighted by atomic mass is 10.0. The average molecular weight is 566 g/mol. The van der Waals surface area contributed by atoms with Crippen molar-refractivity contribution >= 4 is 28.2 Å². The number of anilines is 1. The van der Waals surface area contributed by atoms with Crippen LogP contribution < -0.4 is 10.6 Å². The number of carbonyl (C=O) groups is 2. The van der Waals surface area contributed by atoms with E-state index in [9.17, 15) is 18.0 Å². The molecule has 0 atom stereocenters. The van der Waals surface area contributed by atoms with Crippen molar-refractivity contribution in [2.45, 2.75) is 51.0 Å². The van der Waals surface area contributed by atoms with Crippen molar-refractivity contribution in [1.29, 1.82) is 0 Å². The highest BCUT2D eigenvalue weighted by Crippen LogP contribution is 2.19. The molecule has 0 unspecified atom stereocenters. The number of carbonyl (C=O) groups excluding carboxylic acids is 2. The standard InChI is InChI=1S/C19H24N4O3S.C11H15NO/c1-2-3-16-4-6-18(7-5-16)27(25,26)23-14-12-22(13-15-23)19(24)21-17-8-10-20-11-9-17;1-9(2)11-5-3-10(4-6-11)7-12-8-13/h4-11H,2-3,12-15H2,1H3,(H,20,21,24);3-6,8-9H,7H2,1-2H3,(H,12,13). The van der Waals surface area contributed by atoms with Gasteiger partial charge in [-0.2, -0.15) is 4.31 Å².